The van der Waals surface area contributed by atoms with Gasteiger partial charge in [-0.25, -0.2) is 9.59 Å². The van der Waals surface area contributed by atoms with Gasteiger partial charge in [0.25, 0.3) is 11.8 Å². The first-order valence-electron chi connectivity index (χ1n) is 13.9. The highest BCUT2D eigenvalue weighted by Gasteiger charge is 2.24. The Morgan fingerprint density at radius 2 is 1.02 bits per heavy atom. The predicted octanol–water partition coefficient (Wildman–Crippen LogP) is 5.39. The Hall–Kier alpha value is -5.68. The Morgan fingerprint density at radius 3 is 1.38 bits per heavy atom. The van der Waals surface area contributed by atoms with E-state index in [0.717, 1.165) is 11.1 Å². The first-order valence-corrected chi connectivity index (χ1v) is 13.9. The molecule has 0 saturated heterocycles. The third kappa shape index (κ3) is 7.46. The Bertz CT molecular complexity index is 1750. The van der Waals surface area contributed by atoms with Gasteiger partial charge in [0.05, 0.1) is 28.4 Å². The van der Waals surface area contributed by atoms with Gasteiger partial charge in [-0.3, -0.25) is 9.59 Å². The van der Waals surface area contributed by atoms with Gasteiger partial charge in [-0.1, -0.05) is 38.1 Å². The molecular weight excluding hydrogens is 578 g/mol. The molecule has 0 bridgehead atoms. The number of carboxylic acids is 2. The third-order valence-electron chi connectivity index (χ3n) is 7.14. The van der Waals surface area contributed by atoms with Crippen molar-refractivity contribution in [2.75, 3.05) is 7.05 Å². The van der Waals surface area contributed by atoms with Crippen molar-refractivity contribution in [1.29, 1.82) is 0 Å². The fourth-order valence-corrected chi connectivity index (χ4v) is 4.66. The van der Waals surface area contributed by atoms with Crippen molar-refractivity contribution < 1.29 is 38.9 Å². The summed E-state index contributed by atoms with van der Waals surface area (Å²) >= 11 is 0. The number of benzene rings is 4. The van der Waals surface area contributed by atoms with Crippen LogP contribution in [0.1, 0.15) is 73.3 Å². The number of ether oxygens (including phenoxy) is 2. The first-order chi connectivity index (χ1) is 21.3. The van der Waals surface area contributed by atoms with Gasteiger partial charge in [-0.15, -0.1) is 0 Å². The van der Waals surface area contributed by atoms with Gasteiger partial charge in [0.1, 0.15) is 23.0 Å². The molecule has 11 nitrogen and oxygen atoms in total. The zero-order valence-electron chi connectivity index (χ0n) is 25.1. The van der Waals surface area contributed by atoms with Crippen LogP contribution in [-0.2, 0) is 5.41 Å². The molecule has 0 aliphatic carbocycles. The number of hydrogen-bond donors (Lipinski definition) is 5. The average molecular weight is 612 g/mol. The number of carboxylic acid groups (broad SMARTS) is 2. The molecule has 1 unspecified atom stereocenters. The standard InChI is InChI=1S/C34H33N3O8/c1-19(35)37-31(39)29-18-25(14-16-27(29)33(42)43)45-23-11-7-21(8-12-23)34(2,3)20-5-9-22(10-6-20)44-24-13-15-26(32(40)41)28(17-24)30(38)36-4/h5-19H,35H2,1-4H3,(H,36,38)(H,37,39)(H,40,41)(H,42,43). The van der Waals surface area contributed by atoms with Crippen molar-refractivity contribution in [2.24, 2.45) is 5.73 Å². The van der Waals surface area contributed by atoms with E-state index >= 15 is 0 Å². The Kier molecular flexibility index (Phi) is 9.54. The first kappa shape index (κ1) is 32.2. The maximum Gasteiger partial charge on any atom is 0.336 e. The minimum atomic E-state index is -1.24. The molecule has 45 heavy (non-hydrogen) atoms. The SMILES string of the molecule is CNC(=O)c1cc(Oc2ccc(C(C)(C)c3ccc(Oc4ccc(C(=O)O)c(C(=O)NC(C)N)c4)cc3)cc2)ccc1C(=O)O. The molecule has 4 rings (SSSR count). The molecular formula is C34H33N3O8. The fraction of sp³-hybridized carbons (Fsp3) is 0.176. The number of carbonyl (C=O) groups is 4. The van der Waals surface area contributed by atoms with Crippen molar-refractivity contribution in [2.45, 2.75) is 32.4 Å². The third-order valence-corrected chi connectivity index (χ3v) is 7.14. The number of aromatic carboxylic acids is 2. The molecule has 232 valence electrons. The predicted molar refractivity (Wildman–Crippen MR) is 166 cm³/mol. The van der Waals surface area contributed by atoms with E-state index < -0.39 is 35.3 Å². The van der Waals surface area contributed by atoms with Gasteiger partial charge < -0.3 is 36.1 Å². The largest absolute Gasteiger partial charge is 0.478 e. The molecule has 0 aromatic heterocycles. The number of nitrogens with one attached hydrogen (secondary N) is 2. The number of carbonyl (C=O) groups excluding carboxylic acids is 2. The van der Waals surface area contributed by atoms with Gasteiger partial charge in [0, 0.05) is 12.5 Å². The van der Waals surface area contributed by atoms with Crippen molar-refractivity contribution in [3.63, 3.8) is 0 Å². The van der Waals surface area contributed by atoms with Gasteiger partial charge in [-0.2, -0.15) is 0 Å². The van der Waals surface area contributed by atoms with E-state index in [2.05, 4.69) is 24.5 Å². The lowest BCUT2D eigenvalue weighted by Gasteiger charge is -2.26. The van der Waals surface area contributed by atoms with E-state index in [0.29, 0.717) is 17.2 Å². The van der Waals surface area contributed by atoms with Gasteiger partial charge in [-0.05, 0) is 78.7 Å². The van der Waals surface area contributed by atoms with E-state index in [-0.39, 0.29) is 28.0 Å². The molecule has 4 aromatic carbocycles. The highest BCUT2D eigenvalue weighted by atomic mass is 16.5. The lowest BCUT2D eigenvalue weighted by molar-refractivity contribution is 0.0682. The van der Waals surface area contributed by atoms with Crippen molar-refractivity contribution in [3.05, 3.63) is 118 Å². The summed E-state index contributed by atoms with van der Waals surface area (Å²) in [6.07, 6.45) is -0.662. The smallest absolute Gasteiger partial charge is 0.336 e. The summed E-state index contributed by atoms with van der Waals surface area (Å²) in [6, 6.07) is 23.2. The number of nitrogens with two attached hydrogens (primary N) is 1. The Morgan fingerprint density at radius 1 is 0.644 bits per heavy atom. The molecule has 0 aliphatic heterocycles. The fourth-order valence-electron chi connectivity index (χ4n) is 4.66. The lowest BCUT2D eigenvalue weighted by Crippen LogP contribution is -2.39. The highest BCUT2D eigenvalue weighted by molar-refractivity contribution is 6.05. The highest BCUT2D eigenvalue weighted by Crippen LogP contribution is 2.35. The number of hydrogen-bond acceptors (Lipinski definition) is 7. The summed E-state index contributed by atoms with van der Waals surface area (Å²) in [5.74, 6) is -2.00. The summed E-state index contributed by atoms with van der Waals surface area (Å²) in [6.45, 7) is 5.69. The minimum absolute atomic E-state index is 0.00267. The summed E-state index contributed by atoms with van der Waals surface area (Å²) in [5, 5.41) is 23.8. The summed E-state index contributed by atoms with van der Waals surface area (Å²) in [7, 11) is 1.42. The van der Waals surface area contributed by atoms with E-state index in [9.17, 15) is 29.4 Å². The molecule has 4 aromatic rings. The van der Waals surface area contributed by atoms with Crippen molar-refractivity contribution >= 4 is 23.8 Å². The van der Waals surface area contributed by atoms with Gasteiger partial charge >= 0.3 is 11.9 Å². The molecule has 11 heteroatoms. The van der Waals surface area contributed by atoms with Crippen molar-refractivity contribution in [1.82, 2.24) is 10.6 Å². The van der Waals surface area contributed by atoms with Crippen LogP contribution in [0.4, 0.5) is 0 Å². The van der Waals surface area contributed by atoms with Crippen LogP contribution in [-0.4, -0.2) is 47.2 Å². The van der Waals surface area contributed by atoms with Gasteiger partial charge in [0.2, 0.25) is 0 Å². The Labute approximate surface area is 259 Å². The maximum absolute atomic E-state index is 12.5. The molecule has 2 amide bonds. The molecule has 1 atom stereocenters. The number of rotatable bonds is 11. The average Bonchev–Trinajstić information content (AvgIpc) is 3.00. The van der Waals surface area contributed by atoms with Crippen LogP contribution in [0.25, 0.3) is 0 Å². The zero-order chi connectivity index (χ0) is 32.9. The molecule has 0 radical (unpaired) electrons. The van der Waals surface area contributed by atoms with Crippen molar-refractivity contribution in [3.8, 4) is 23.0 Å². The second-order valence-electron chi connectivity index (χ2n) is 10.7. The van der Waals surface area contributed by atoms with Crippen LogP contribution >= 0.6 is 0 Å². The lowest BCUT2D eigenvalue weighted by atomic mass is 9.78. The van der Waals surface area contributed by atoms with Crippen LogP contribution in [0.15, 0.2) is 84.9 Å². The maximum atomic E-state index is 12.5. The van der Waals surface area contributed by atoms with E-state index in [1.807, 2.05) is 24.3 Å². The number of amides is 2. The summed E-state index contributed by atoms with van der Waals surface area (Å²) in [4.78, 5) is 47.8. The topological polar surface area (TPSA) is 177 Å². The van der Waals surface area contributed by atoms with Crippen LogP contribution < -0.4 is 25.8 Å². The normalized spacial score (nSPS) is 11.7. The molecule has 0 fully saturated rings. The van der Waals surface area contributed by atoms with E-state index in [4.69, 9.17) is 15.2 Å². The molecule has 0 heterocycles. The van der Waals surface area contributed by atoms with Crippen LogP contribution in [0.5, 0.6) is 23.0 Å². The van der Waals surface area contributed by atoms with Crippen LogP contribution in [0.3, 0.4) is 0 Å². The summed E-state index contributed by atoms with van der Waals surface area (Å²) in [5.41, 5.74) is 6.84. The molecule has 0 saturated carbocycles. The second kappa shape index (κ2) is 13.3. The second-order valence-corrected chi connectivity index (χ2v) is 10.7. The minimum Gasteiger partial charge on any atom is -0.478 e. The summed E-state index contributed by atoms with van der Waals surface area (Å²) < 4.78 is 11.8. The Balaban J connectivity index is 1.49. The van der Waals surface area contributed by atoms with E-state index in [1.54, 1.807) is 31.2 Å². The zero-order valence-corrected chi connectivity index (χ0v) is 25.1. The van der Waals surface area contributed by atoms with E-state index in [1.165, 1.54) is 43.4 Å². The molecule has 0 spiro atoms. The van der Waals surface area contributed by atoms with Gasteiger partial charge in [0.15, 0.2) is 0 Å². The van der Waals surface area contributed by atoms with Crippen LogP contribution in [0.2, 0.25) is 0 Å². The molecule has 6 N–H and O–H groups in total. The quantitative estimate of drug-likeness (QED) is 0.139. The van der Waals surface area contributed by atoms with Crippen LogP contribution in [0, 0.1) is 0 Å². The molecule has 0 aliphatic rings. The monoisotopic (exact) mass is 611 g/mol.